The van der Waals surface area contributed by atoms with Crippen molar-refractivity contribution in [3.63, 3.8) is 0 Å². The third-order valence-corrected chi connectivity index (χ3v) is 5.33. The molecule has 2 aromatic rings. The molecule has 0 unspecified atom stereocenters. The van der Waals surface area contributed by atoms with Crippen LogP contribution in [0.2, 0.25) is 0 Å². The SMILES string of the molecule is CN(CCCC(=O)O)C(=O)c1cccc(S(=O)(=O)NCc2ccccc2)c1. The van der Waals surface area contributed by atoms with Gasteiger partial charge in [-0.15, -0.1) is 0 Å². The van der Waals surface area contributed by atoms with Crippen molar-refractivity contribution in [1.29, 1.82) is 0 Å². The predicted molar refractivity (Wildman–Crippen MR) is 101 cm³/mol. The lowest BCUT2D eigenvalue weighted by atomic mass is 10.2. The summed E-state index contributed by atoms with van der Waals surface area (Å²) in [4.78, 5) is 24.4. The fourth-order valence-electron chi connectivity index (χ4n) is 2.44. The predicted octanol–water partition coefficient (Wildman–Crippen LogP) is 2.10. The molecule has 144 valence electrons. The van der Waals surface area contributed by atoms with Gasteiger partial charge in [0, 0.05) is 32.1 Å². The van der Waals surface area contributed by atoms with Crippen molar-refractivity contribution in [2.24, 2.45) is 0 Å². The number of carboxylic acid groups (broad SMARTS) is 1. The van der Waals surface area contributed by atoms with Crippen molar-refractivity contribution in [2.45, 2.75) is 24.3 Å². The van der Waals surface area contributed by atoms with Gasteiger partial charge in [0.1, 0.15) is 0 Å². The minimum Gasteiger partial charge on any atom is -0.481 e. The highest BCUT2D eigenvalue weighted by Gasteiger charge is 2.18. The van der Waals surface area contributed by atoms with E-state index in [1.165, 1.54) is 29.2 Å². The van der Waals surface area contributed by atoms with Crippen LogP contribution in [0.1, 0.15) is 28.8 Å². The summed E-state index contributed by atoms with van der Waals surface area (Å²) in [6.07, 6.45) is 0.295. The summed E-state index contributed by atoms with van der Waals surface area (Å²) in [5.74, 6) is -1.28. The molecular formula is C19H22N2O5S. The minimum atomic E-state index is -3.77. The van der Waals surface area contributed by atoms with Gasteiger partial charge in [-0.05, 0) is 30.2 Å². The summed E-state index contributed by atoms with van der Waals surface area (Å²) in [7, 11) is -2.21. The zero-order valence-corrected chi connectivity index (χ0v) is 15.8. The zero-order chi connectivity index (χ0) is 19.9. The van der Waals surface area contributed by atoms with Crippen molar-refractivity contribution >= 4 is 21.9 Å². The maximum Gasteiger partial charge on any atom is 0.303 e. The number of hydrogen-bond acceptors (Lipinski definition) is 4. The van der Waals surface area contributed by atoms with Gasteiger partial charge in [-0.25, -0.2) is 13.1 Å². The maximum absolute atomic E-state index is 12.5. The number of nitrogens with one attached hydrogen (secondary N) is 1. The Labute approximate surface area is 158 Å². The maximum atomic E-state index is 12.5. The molecule has 0 bridgehead atoms. The van der Waals surface area contributed by atoms with Gasteiger partial charge in [0.25, 0.3) is 5.91 Å². The number of aliphatic carboxylic acids is 1. The first-order chi connectivity index (χ1) is 12.8. The molecule has 27 heavy (non-hydrogen) atoms. The highest BCUT2D eigenvalue weighted by atomic mass is 32.2. The molecule has 7 nitrogen and oxygen atoms in total. The van der Waals surface area contributed by atoms with Gasteiger partial charge < -0.3 is 10.0 Å². The first kappa shape index (κ1) is 20.6. The van der Waals surface area contributed by atoms with E-state index in [2.05, 4.69) is 4.72 Å². The van der Waals surface area contributed by atoms with Gasteiger partial charge in [0.2, 0.25) is 10.0 Å². The van der Waals surface area contributed by atoms with E-state index >= 15 is 0 Å². The van der Waals surface area contributed by atoms with E-state index in [4.69, 9.17) is 5.11 Å². The quantitative estimate of drug-likeness (QED) is 0.682. The monoisotopic (exact) mass is 390 g/mol. The van der Waals surface area contributed by atoms with E-state index in [-0.39, 0.29) is 35.9 Å². The first-order valence-electron chi connectivity index (χ1n) is 8.40. The Kier molecular flexibility index (Phi) is 7.09. The minimum absolute atomic E-state index is 0.00298. The largest absolute Gasteiger partial charge is 0.481 e. The third-order valence-electron chi connectivity index (χ3n) is 3.93. The Bertz CT molecular complexity index is 897. The average molecular weight is 390 g/mol. The van der Waals surface area contributed by atoms with Crippen molar-refractivity contribution in [3.05, 3.63) is 65.7 Å². The van der Waals surface area contributed by atoms with Gasteiger partial charge in [-0.2, -0.15) is 0 Å². The molecule has 0 fully saturated rings. The number of amides is 1. The van der Waals surface area contributed by atoms with Crippen LogP contribution < -0.4 is 4.72 Å². The van der Waals surface area contributed by atoms with Gasteiger partial charge >= 0.3 is 5.97 Å². The smallest absolute Gasteiger partial charge is 0.303 e. The topological polar surface area (TPSA) is 104 Å². The molecule has 0 heterocycles. The molecule has 2 rings (SSSR count). The second-order valence-corrected chi connectivity index (χ2v) is 7.83. The Hall–Kier alpha value is -2.71. The van der Waals surface area contributed by atoms with Crippen LogP contribution in [-0.4, -0.2) is 43.9 Å². The summed E-state index contributed by atoms with van der Waals surface area (Å²) < 4.78 is 27.5. The summed E-state index contributed by atoms with van der Waals surface area (Å²) >= 11 is 0. The number of rotatable bonds is 9. The standard InChI is InChI=1S/C19H22N2O5S/c1-21(12-6-11-18(22)23)19(24)16-9-5-10-17(13-16)27(25,26)20-14-15-7-3-2-4-8-15/h2-5,7-10,13,20H,6,11-12,14H2,1H3,(H,22,23). The molecule has 0 saturated heterocycles. The molecule has 2 N–H and O–H groups in total. The number of nitrogens with zero attached hydrogens (tertiary/aromatic N) is 1. The number of carboxylic acids is 1. The zero-order valence-electron chi connectivity index (χ0n) is 15.0. The van der Waals surface area contributed by atoms with Crippen LogP contribution in [0, 0.1) is 0 Å². The number of carbonyl (C=O) groups is 2. The normalized spacial score (nSPS) is 11.1. The molecule has 0 radical (unpaired) electrons. The van der Waals surface area contributed by atoms with Crippen LogP contribution in [0.4, 0.5) is 0 Å². The van der Waals surface area contributed by atoms with E-state index in [9.17, 15) is 18.0 Å². The Morgan fingerprint density at radius 2 is 1.78 bits per heavy atom. The Morgan fingerprint density at radius 1 is 1.07 bits per heavy atom. The molecule has 2 aromatic carbocycles. The molecule has 0 atom stereocenters. The summed E-state index contributed by atoms with van der Waals surface area (Å²) in [5, 5.41) is 8.66. The number of carbonyl (C=O) groups excluding carboxylic acids is 1. The molecule has 0 aliphatic carbocycles. The lowest BCUT2D eigenvalue weighted by Gasteiger charge is -2.17. The molecule has 8 heteroatoms. The number of sulfonamides is 1. The van der Waals surface area contributed by atoms with Gasteiger partial charge in [-0.1, -0.05) is 36.4 Å². The highest BCUT2D eigenvalue weighted by Crippen LogP contribution is 2.14. The Morgan fingerprint density at radius 3 is 2.44 bits per heavy atom. The van der Waals surface area contributed by atoms with Gasteiger partial charge in [-0.3, -0.25) is 9.59 Å². The van der Waals surface area contributed by atoms with Crippen LogP contribution in [0.3, 0.4) is 0 Å². The van der Waals surface area contributed by atoms with Crippen LogP contribution in [0.25, 0.3) is 0 Å². The van der Waals surface area contributed by atoms with Gasteiger partial charge in [0.05, 0.1) is 4.90 Å². The van der Waals surface area contributed by atoms with Crippen molar-refractivity contribution in [3.8, 4) is 0 Å². The van der Waals surface area contributed by atoms with E-state index in [1.807, 2.05) is 30.3 Å². The van der Waals surface area contributed by atoms with E-state index < -0.39 is 16.0 Å². The van der Waals surface area contributed by atoms with Crippen molar-refractivity contribution in [2.75, 3.05) is 13.6 Å². The average Bonchev–Trinajstić information content (AvgIpc) is 2.66. The van der Waals surface area contributed by atoms with E-state index in [0.29, 0.717) is 6.42 Å². The number of hydrogen-bond donors (Lipinski definition) is 2. The Balaban J connectivity index is 2.06. The molecule has 0 spiro atoms. The second kappa shape index (κ2) is 9.29. The fourth-order valence-corrected chi connectivity index (χ4v) is 3.51. The summed E-state index contributed by atoms with van der Waals surface area (Å²) in [5.41, 5.74) is 1.06. The van der Waals surface area contributed by atoms with Crippen LogP contribution in [-0.2, 0) is 21.4 Å². The summed E-state index contributed by atoms with van der Waals surface area (Å²) in [6, 6.07) is 14.9. The summed E-state index contributed by atoms with van der Waals surface area (Å²) in [6.45, 7) is 0.421. The van der Waals surface area contributed by atoms with Crippen LogP contribution in [0.5, 0.6) is 0 Å². The molecule has 1 amide bonds. The molecular weight excluding hydrogens is 368 g/mol. The molecule has 0 aliphatic heterocycles. The molecule has 0 aliphatic rings. The molecule has 0 saturated carbocycles. The lowest BCUT2D eigenvalue weighted by molar-refractivity contribution is -0.137. The fraction of sp³-hybridized carbons (Fsp3) is 0.263. The van der Waals surface area contributed by atoms with Crippen LogP contribution in [0.15, 0.2) is 59.5 Å². The third kappa shape index (κ3) is 6.19. The highest BCUT2D eigenvalue weighted by molar-refractivity contribution is 7.89. The number of benzene rings is 2. The van der Waals surface area contributed by atoms with E-state index in [0.717, 1.165) is 5.56 Å². The lowest BCUT2D eigenvalue weighted by Crippen LogP contribution is -2.28. The second-order valence-electron chi connectivity index (χ2n) is 6.06. The van der Waals surface area contributed by atoms with Crippen LogP contribution >= 0.6 is 0 Å². The van der Waals surface area contributed by atoms with Crippen molar-refractivity contribution < 1.29 is 23.1 Å². The first-order valence-corrected chi connectivity index (χ1v) is 9.89. The van der Waals surface area contributed by atoms with E-state index in [1.54, 1.807) is 7.05 Å². The van der Waals surface area contributed by atoms with Crippen molar-refractivity contribution in [1.82, 2.24) is 9.62 Å². The van der Waals surface area contributed by atoms with Gasteiger partial charge in [0.15, 0.2) is 0 Å². The molecule has 0 aromatic heterocycles.